The minimum atomic E-state index is -3.97. The number of benzene rings is 3. The predicted molar refractivity (Wildman–Crippen MR) is 122 cm³/mol. The van der Waals surface area contributed by atoms with E-state index in [1.165, 1.54) is 37.6 Å². The van der Waals surface area contributed by atoms with Gasteiger partial charge in [-0.1, -0.05) is 41.9 Å². The molecule has 0 atom stereocenters. The number of ether oxygens (including phenoxy) is 1. The van der Waals surface area contributed by atoms with Crippen molar-refractivity contribution >= 4 is 44.1 Å². The predicted octanol–water partition coefficient (Wildman–Crippen LogP) is 5.00. The lowest BCUT2D eigenvalue weighted by molar-refractivity contribution is 0.0893. The number of carbonyl (C=O) groups is 2. The van der Waals surface area contributed by atoms with Gasteiger partial charge < -0.3 is 4.74 Å². The van der Waals surface area contributed by atoms with Crippen molar-refractivity contribution in [1.82, 2.24) is 3.97 Å². The van der Waals surface area contributed by atoms with Gasteiger partial charge in [-0.15, -0.1) is 0 Å². The van der Waals surface area contributed by atoms with E-state index in [0.717, 1.165) is 3.97 Å². The number of methoxy groups -OCH3 is 1. The second kappa shape index (κ2) is 8.61. The molecule has 162 valence electrons. The Morgan fingerprint density at radius 2 is 1.56 bits per heavy atom. The first-order chi connectivity index (χ1) is 15.3. The zero-order valence-electron chi connectivity index (χ0n) is 17.0. The Kier molecular flexibility index (Phi) is 5.86. The van der Waals surface area contributed by atoms with Gasteiger partial charge in [-0.05, 0) is 42.5 Å². The van der Waals surface area contributed by atoms with Gasteiger partial charge in [-0.2, -0.15) is 0 Å². The first-order valence-electron chi connectivity index (χ1n) is 9.63. The molecule has 6 nitrogen and oxygen atoms in total. The van der Waals surface area contributed by atoms with E-state index < -0.39 is 28.0 Å². The van der Waals surface area contributed by atoms with Gasteiger partial charge in [0.25, 0.3) is 10.0 Å². The molecular formula is C24H18ClNO5S. The van der Waals surface area contributed by atoms with Gasteiger partial charge >= 0.3 is 0 Å². The normalized spacial score (nSPS) is 11.4. The summed E-state index contributed by atoms with van der Waals surface area (Å²) < 4.78 is 32.7. The number of nitrogens with zero attached hydrogens (tertiary/aromatic N) is 1. The molecule has 0 unspecified atom stereocenters. The highest BCUT2D eigenvalue weighted by Gasteiger charge is 2.25. The van der Waals surface area contributed by atoms with Crippen LogP contribution in [0.2, 0.25) is 5.02 Å². The van der Waals surface area contributed by atoms with Crippen LogP contribution in [-0.2, 0) is 10.0 Å². The summed E-state index contributed by atoms with van der Waals surface area (Å²) in [6.07, 6.45) is 0.804. The Morgan fingerprint density at radius 1 is 0.906 bits per heavy atom. The molecule has 1 aromatic heterocycles. The number of hydrogen-bond acceptors (Lipinski definition) is 5. The van der Waals surface area contributed by atoms with Crippen LogP contribution in [0.4, 0.5) is 0 Å². The van der Waals surface area contributed by atoms with E-state index in [2.05, 4.69) is 0 Å². The van der Waals surface area contributed by atoms with Crippen LogP contribution in [0.25, 0.3) is 10.9 Å². The molecule has 0 amide bonds. The second-order valence-corrected chi connectivity index (χ2v) is 9.29. The zero-order chi connectivity index (χ0) is 22.9. The molecule has 0 aliphatic heterocycles. The van der Waals surface area contributed by atoms with Crippen molar-refractivity contribution in [2.24, 2.45) is 0 Å². The smallest absolute Gasteiger partial charge is 0.268 e. The fraction of sp³-hybridized carbons (Fsp3) is 0.0833. The van der Waals surface area contributed by atoms with Gasteiger partial charge in [0.15, 0.2) is 11.6 Å². The van der Waals surface area contributed by atoms with Crippen molar-refractivity contribution in [3.05, 3.63) is 95.1 Å². The van der Waals surface area contributed by atoms with Crippen LogP contribution in [0.3, 0.4) is 0 Å². The van der Waals surface area contributed by atoms with E-state index in [1.54, 1.807) is 48.5 Å². The summed E-state index contributed by atoms with van der Waals surface area (Å²) in [4.78, 5) is 26.0. The highest BCUT2D eigenvalue weighted by atomic mass is 35.5. The number of halogens is 1. The van der Waals surface area contributed by atoms with E-state index in [0.29, 0.717) is 21.7 Å². The molecule has 0 fully saturated rings. The van der Waals surface area contributed by atoms with Crippen LogP contribution in [0.5, 0.6) is 5.75 Å². The average molecular weight is 468 g/mol. The molecule has 4 aromatic rings. The molecule has 0 N–H and O–H groups in total. The standard InChI is InChI=1S/C24H18ClNO5S/c1-31-24-10-6-5-9-18(24)22(27)14-23(28)20-15-26(21-12-11-16(25)13-19(20)21)32(29,30)17-7-3-2-4-8-17/h2-13,15H,14H2,1H3. The Bertz CT molecular complexity index is 1440. The van der Waals surface area contributed by atoms with E-state index in [9.17, 15) is 18.0 Å². The summed E-state index contributed by atoms with van der Waals surface area (Å²) in [5, 5.41) is 0.701. The highest BCUT2D eigenvalue weighted by Crippen LogP contribution is 2.30. The maximum Gasteiger partial charge on any atom is 0.268 e. The van der Waals surface area contributed by atoms with Crippen molar-refractivity contribution in [3.8, 4) is 5.75 Å². The minimum absolute atomic E-state index is 0.0796. The third kappa shape index (κ3) is 3.92. The van der Waals surface area contributed by atoms with Crippen molar-refractivity contribution in [3.63, 3.8) is 0 Å². The number of para-hydroxylation sites is 1. The van der Waals surface area contributed by atoms with Crippen LogP contribution < -0.4 is 4.74 Å². The molecule has 0 saturated carbocycles. The molecule has 0 radical (unpaired) electrons. The molecule has 0 saturated heterocycles. The molecule has 3 aromatic carbocycles. The first kappa shape index (κ1) is 21.8. The minimum Gasteiger partial charge on any atom is -0.496 e. The third-order valence-corrected chi connectivity index (χ3v) is 6.98. The molecule has 0 aliphatic rings. The number of carbonyl (C=O) groups excluding carboxylic acids is 2. The fourth-order valence-corrected chi connectivity index (χ4v) is 5.07. The van der Waals surface area contributed by atoms with Crippen molar-refractivity contribution in [2.45, 2.75) is 11.3 Å². The lowest BCUT2D eigenvalue weighted by Gasteiger charge is -2.07. The topological polar surface area (TPSA) is 82.4 Å². The number of hydrogen-bond donors (Lipinski definition) is 0. The summed E-state index contributed by atoms with van der Waals surface area (Å²) in [5.41, 5.74) is 0.679. The SMILES string of the molecule is COc1ccccc1C(=O)CC(=O)c1cn(S(=O)(=O)c2ccccc2)c2ccc(Cl)cc12. The first-order valence-corrected chi connectivity index (χ1v) is 11.5. The lowest BCUT2D eigenvalue weighted by Crippen LogP contribution is -2.12. The van der Waals surface area contributed by atoms with E-state index >= 15 is 0 Å². The van der Waals surface area contributed by atoms with Gasteiger partial charge in [-0.3, -0.25) is 9.59 Å². The number of rotatable bonds is 7. The van der Waals surface area contributed by atoms with Crippen molar-refractivity contribution < 1.29 is 22.7 Å². The monoisotopic (exact) mass is 467 g/mol. The van der Waals surface area contributed by atoms with Gasteiger partial charge in [0.05, 0.1) is 29.5 Å². The second-order valence-electron chi connectivity index (χ2n) is 7.04. The Labute approximate surface area is 190 Å². The van der Waals surface area contributed by atoms with Crippen molar-refractivity contribution in [1.29, 1.82) is 0 Å². The lowest BCUT2D eigenvalue weighted by atomic mass is 10.0. The van der Waals surface area contributed by atoms with Crippen LogP contribution in [0.15, 0.2) is 83.9 Å². The molecule has 0 bridgehead atoms. The molecule has 32 heavy (non-hydrogen) atoms. The van der Waals surface area contributed by atoms with Crippen molar-refractivity contribution in [2.75, 3.05) is 7.11 Å². The number of Topliss-reactive ketones (excluding diaryl/α,β-unsaturated/α-hetero) is 2. The molecule has 0 aliphatic carbocycles. The highest BCUT2D eigenvalue weighted by molar-refractivity contribution is 7.90. The molecule has 1 heterocycles. The Morgan fingerprint density at radius 3 is 2.28 bits per heavy atom. The number of fused-ring (bicyclic) bond motifs is 1. The Balaban J connectivity index is 1.79. The molecule has 4 rings (SSSR count). The summed E-state index contributed by atoms with van der Waals surface area (Å²) >= 11 is 6.12. The maximum absolute atomic E-state index is 13.2. The Hall–Kier alpha value is -3.42. The third-order valence-electron chi connectivity index (χ3n) is 5.06. The zero-order valence-corrected chi connectivity index (χ0v) is 18.6. The van der Waals surface area contributed by atoms with Gasteiger partial charge in [0.2, 0.25) is 0 Å². The van der Waals surface area contributed by atoms with Gasteiger partial charge in [-0.25, -0.2) is 12.4 Å². The number of aromatic nitrogens is 1. The van der Waals surface area contributed by atoms with Crippen LogP contribution >= 0.6 is 11.6 Å². The largest absolute Gasteiger partial charge is 0.496 e. The average Bonchev–Trinajstić information content (AvgIpc) is 3.19. The van der Waals surface area contributed by atoms with Crippen LogP contribution in [0.1, 0.15) is 27.1 Å². The summed E-state index contributed by atoms with van der Waals surface area (Å²) in [6, 6.07) is 19.1. The summed E-state index contributed by atoms with van der Waals surface area (Å²) in [7, 11) is -2.52. The van der Waals surface area contributed by atoms with Crippen LogP contribution in [-0.4, -0.2) is 31.1 Å². The van der Waals surface area contributed by atoms with E-state index in [-0.39, 0.29) is 16.0 Å². The quantitative estimate of drug-likeness (QED) is 0.282. The fourth-order valence-electron chi connectivity index (χ4n) is 3.51. The molecular weight excluding hydrogens is 450 g/mol. The molecule has 8 heteroatoms. The summed E-state index contributed by atoms with van der Waals surface area (Å²) in [5.74, 6) is -0.584. The van der Waals surface area contributed by atoms with Gasteiger partial charge in [0.1, 0.15) is 5.75 Å². The van der Waals surface area contributed by atoms with E-state index in [1.807, 2.05) is 0 Å². The maximum atomic E-state index is 13.2. The molecule has 0 spiro atoms. The van der Waals surface area contributed by atoms with Gasteiger partial charge in [0, 0.05) is 22.2 Å². The van der Waals surface area contributed by atoms with E-state index in [4.69, 9.17) is 16.3 Å². The summed E-state index contributed by atoms with van der Waals surface area (Å²) in [6.45, 7) is 0. The van der Waals surface area contributed by atoms with Crippen LogP contribution in [0, 0.1) is 0 Å². The number of ketones is 2.